The van der Waals surface area contributed by atoms with Gasteiger partial charge in [-0.25, -0.2) is 9.97 Å². The van der Waals surface area contributed by atoms with Gasteiger partial charge in [0, 0.05) is 42.3 Å². The van der Waals surface area contributed by atoms with Gasteiger partial charge in [0.15, 0.2) is 5.82 Å². The number of aromatic nitrogens is 2. The molecular weight excluding hydrogens is 637 g/mol. The normalized spacial score (nSPS) is 14.8. The molecule has 2 nitrogen and oxygen atoms in total. The van der Waals surface area contributed by atoms with Crippen molar-refractivity contribution in [2.75, 3.05) is 0 Å². The van der Waals surface area contributed by atoms with Gasteiger partial charge in [0.1, 0.15) is 0 Å². The lowest BCUT2D eigenvalue weighted by Crippen LogP contribution is -2.22. The zero-order chi connectivity index (χ0) is 33.9. The summed E-state index contributed by atoms with van der Waals surface area (Å²) in [7, 11) is 0. The quantitative estimate of drug-likeness (QED) is 0.182. The molecule has 0 fully saturated rings. The van der Waals surface area contributed by atoms with Crippen molar-refractivity contribution in [3.05, 3.63) is 193 Å². The Morgan fingerprint density at radius 3 is 1.90 bits per heavy atom. The Hall–Kier alpha value is -6.16. The van der Waals surface area contributed by atoms with Gasteiger partial charge in [-0.3, -0.25) is 0 Å². The number of hydrogen-bond acceptors (Lipinski definition) is 3. The molecule has 7 aromatic carbocycles. The van der Waals surface area contributed by atoms with Crippen molar-refractivity contribution in [3.63, 3.8) is 0 Å². The zero-order valence-electron chi connectivity index (χ0n) is 28.0. The Balaban J connectivity index is 1.12. The van der Waals surface area contributed by atoms with Crippen LogP contribution in [0.5, 0.6) is 0 Å². The molecule has 10 rings (SSSR count). The fraction of sp³-hybridized carbons (Fsp3) is 0.0417. The first-order valence-corrected chi connectivity index (χ1v) is 18.2. The summed E-state index contributed by atoms with van der Waals surface area (Å²) in [5, 5.41) is 2.63. The van der Waals surface area contributed by atoms with E-state index in [0.717, 1.165) is 33.9 Å². The van der Waals surface area contributed by atoms with E-state index in [2.05, 4.69) is 177 Å². The summed E-state index contributed by atoms with van der Waals surface area (Å²) in [5.74, 6) is 0.719. The number of rotatable bonds is 5. The maximum absolute atomic E-state index is 5.27. The predicted molar refractivity (Wildman–Crippen MR) is 214 cm³/mol. The third-order valence-electron chi connectivity index (χ3n) is 10.6. The summed E-state index contributed by atoms with van der Waals surface area (Å²) in [6, 6.07) is 63.2. The van der Waals surface area contributed by atoms with Crippen LogP contribution < -0.4 is 0 Å². The van der Waals surface area contributed by atoms with Crippen LogP contribution in [0, 0.1) is 0 Å². The molecule has 3 heteroatoms. The van der Waals surface area contributed by atoms with Gasteiger partial charge in [-0.1, -0.05) is 152 Å². The van der Waals surface area contributed by atoms with E-state index >= 15 is 0 Å². The molecule has 1 unspecified atom stereocenters. The number of fused-ring (bicyclic) bond motifs is 6. The largest absolute Gasteiger partial charge is 0.228 e. The molecule has 2 aromatic heterocycles. The highest BCUT2D eigenvalue weighted by atomic mass is 32.1. The van der Waals surface area contributed by atoms with Crippen molar-refractivity contribution >= 4 is 31.5 Å². The Labute approximate surface area is 301 Å². The average molecular weight is 669 g/mol. The monoisotopic (exact) mass is 668 g/mol. The lowest BCUT2D eigenvalue weighted by atomic mass is 9.74. The smallest absolute Gasteiger partial charge is 0.160 e. The molecule has 0 saturated heterocycles. The van der Waals surface area contributed by atoms with E-state index in [9.17, 15) is 0 Å². The van der Waals surface area contributed by atoms with Crippen LogP contribution in [0.25, 0.3) is 76.3 Å². The third kappa shape index (κ3) is 4.77. The van der Waals surface area contributed by atoms with E-state index in [-0.39, 0.29) is 5.41 Å². The molecule has 0 radical (unpaired) electrons. The van der Waals surface area contributed by atoms with Crippen LogP contribution in [0.3, 0.4) is 0 Å². The van der Waals surface area contributed by atoms with Crippen LogP contribution in [0.1, 0.15) is 23.6 Å². The fourth-order valence-electron chi connectivity index (χ4n) is 8.03. The lowest BCUT2D eigenvalue weighted by molar-refractivity contribution is 0.714. The van der Waals surface area contributed by atoms with Crippen molar-refractivity contribution in [1.29, 1.82) is 0 Å². The van der Waals surface area contributed by atoms with E-state index in [1.54, 1.807) is 0 Å². The van der Waals surface area contributed by atoms with Gasteiger partial charge in [-0.15, -0.1) is 11.3 Å². The van der Waals surface area contributed by atoms with Crippen molar-refractivity contribution < 1.29 is 0 Å². The maximum atomic E-state index is 5.27. The highest BCUT2D eigenvalue weighted by Gasteiger charge is 2.41. The van der Waals surface area contributed by atoms with Crippen LogP contribution in [-0.2, 0) is 5.41 Å². The average Bonchev–Trinajstić information content (AvgIpc) is 3.71. The summed E-state index contributed by atoms with van der Waals surface area (Å²) in [6.45, 7) is 2.36. The predicted octanol–water partition coefficient (Wildman–Crippen LogP) is 12.8. The third-order valence-corrected chi connectivity index (χ3v) is 11.8. The van der Waals surface area contributed by atoms with Gasteiger partial charge in [-0.2, -0.15) is 0 Å². The molecule has 0 saturated carbocycles. The van der Waals surface area contributed by atoms with Crippen LogP contribution in [-0.4, -0.2) is 9.97 Å². The van der Waals surface area contributed by atoms with Gasteiger partial charge in [0.25, 0.3) is 0 Å². The molecule has 0 spiro atoms. The Morgan fingerprint density at radius 1 is 0.431 bits per heavy atom. The number of hydrogen-bond donors (Lipinski definition) is 0. The Kier molecular flexibility index (Phi) is 6.83. The summed E-state index contributed by atoms with van der Waals surface area (Å²) < 4.78 is 2.64. The van der Waals surface area contributed by atoms with E-state index in [1.165, 1.54) is 59.1 Å². The van der Waals surface area contributed by atoms with Crippen molar-refractivity contribution in [3.8, 4) is 56.2 Å². The van der Waals surface area contributed by atoms with Crippen LogP contribution >= 0.6 is 11.3 Å². The number of benzene rings is 7. The van der Waals surface area contributed by atoms with Gasteiger partial charge in [0.05, 0.1) is 11.4 Å². The van der Waals surface area contributed by atoms with Gasteiger partial charge >= 0.3 is 0 Å². The van der Waals surface area contributed by atoms with Crippen LogP contribution in [0.15, 0.2) is 176 Å². The molecule has 2 heterocycles. The standard InChI is InChI=1S/C48H32N2S/c1-48(35-15-6-3-7-16-35)40-20-10-8-18-37(40)46-38(19-12-21-41(46)48)43-30-42(49-47(50-43)33-13-4-2-5-14-33)32-25-23-31(24-26-32)34-27-28-45-39(29-34)36-17-9-11-22-44(36)51-45/h2-30H,1H3. The van der Waals surface area contributed by atoms with Crippen molar-refractivity contribution in [1.82, 2.24) is 9.97 Å². The van der Waals surface area contributed by atoms with Crippen LogP contribution in [0.4, 0.5) is 0 Å². The zero-order valence-corrected chi connectivity index (χ0v) is 28.9. The molecule has 240 valence electrons. The lowest BCUT2D eigenvalue weighted by Gasteiger charge is -2.28. The second kappa shape index (κ2) is 11.7. The molecule has 51 heavy (non-hydrogen) atoms. The van der Waals surface area contributed by atoms with Gasteiger partial charge < -0.3 is 0 Å². The Morgan fingerprint density at radius 2 is 1.06 bits per heavy atom. The first-order valence-electron chi connectivity index (χ1n) is 17.4. The van der Waals surface area contributed by atoms with Crippen molar-refractivity contribution in [2.45, 2.75) is 12.3 Å². The SMILES string of the molecule is CC1(c2ccccc2)c2ccccc2-c2c(-c3cc(-c4ccc(-c5ccc6sc7ccccc7c6c5)cc4)nc(-c4ccccc4)n3)cccc21. The summed E-state index contributed by atoms with van der Waals surface area (Å²) in [5.41, 5.74) is 13.5. The molecular formula is C48H32N2S. The number of thiophene rings is 1. The fourth-order valence-corrected chi connectivity index (χ4v) is 9.11. The molecule has 1 atom stereocenters. The number of nitrogens with zero attached hydrogens (tertiary/aromatic N) is 2. The second-order valence-electron chi connectivity index (χ2n) is 13.5. The van der Waals surface area contributed by atoms with Crippen molar-refractivity contribution in [2.24, 2.45) is 0 Å². The first-order chi connectivity index (χ1) is 25.1. The minimum Gasteiger partial charge on any atom is -0.228 e. The second-order valence-corrected chi connectivity index (χ2v) is 14.6. The van der Waals surface area contributed by atoms with E-state index in [0.29, 0.717) is 0 Å². The minimum atomic E-state index is -0.282. The molecule has 1 aliphatic rings. The summed E-state index contributed by atoms with van der Waals surface area (Å²) >= 11 is 1.85. The molecule has 1 aliphatic carbocycles. The van der Waals surface area contributed by atoms with Crippen LogP contribution in [0.2, 0.25) is 0 Å². The molecule has 0 N–H and O–H groups in total. The van der Waals surface area contributed by atoms with E-state index in [1.807, 2.05) is 17.4 Å². The molecule has 0 amide bonds. The Bertz CT molecular complexity index is 2750. The highest BCUT2D eigenvalue weighted by molar-refractivity contribution is 7.25. The topological polar surface area (TPSA) is 25.8 Å². The molecule has 9 aromatic rings. The van der Waals surface area contributed by atoms with E-state index in [4.69, 9.17) is 9.97 Å². The molecule has 0 aliphatic heterocycles. The van der Waals surface area contributed by atoms with E-state index < -0.39 is 0 Å². The minimum absolute atomic E-state index is 0.282. The molecule has 0 bridgehead atoms. The maximum Gasteiger partial charge on any atom is 0.160 e. The first kappa shape index (κ1) is 29.7. The van der Waals surface area contributed by atoms with Gasteiger partial charge in [0.2, 0.25) is 0 Å². The summed E-state index contributed by atoms with van der Waals surface area (Å²) in [6.07, 6.45) is 0. The summed E-state index contributed by atoms with van der Waals surface area (Å²) in [4.78, 5) is 10.4. The highest BCUT2D eigenvalue weighted by Crippen LogP contribution is 2.55. The van der Waals surface area contributed by atoms with Gasteiger partial charge in [-0.05, 0) is 70.1 Å².